The van der Waals surface area contributed by atoms with Crippen molar-refractivity contribution in [3.8, 4) is 11.1 Å². The number of hydrogen-bond donors (Lipinski definition) is 1. The summed E-state index contributed by atoms with van der Waals surface area (Å²) in [5, 5.41) is 3.33. The summed E-state index contributed by atoms with van der Waals surface area (Å²) in [6.07, 6.45) is 0. The molecule has 21 heavy (non-hydrogen) atoms. The van der Waals surface area contributed by atoms with Crippen LogP contribution < -0.4 is 5.32 Å². The predicted molar refractivity (Wildman–Crippen MR) is 89.3 cm³/mol. The van der Waals surface area contributed by atoms with Gasteiger partial charge in [0.05, 0.1) is 12.6 Å². The molecule has 0 saturated carbocycles. The minimum absolute atomic E-state index is 0.244. The SMILES string of the molecule is CNC(COCC(C)C)c1ccc(-c2ccccc2)cc1. The standard InChI is InChI=1S/C19H25NO/c1-15(2)13-21-14-19(20-3)18-11-9-17(10-12-18)16-7-5-4-6-8-16/h4-12,15,19-20H,13-14H2,1-3H3. The van der Waals surface area contributed by atoms with Crippen molar-refractivity contribution in [3.05, 3.63) is 60.2 Å². The van der Waals surface area contributed by atoms with Crippen molar-refractivity contribution < 1.29 is 4.74 Å². The molecule has 1 unspecified atom stereocenters. The Balaban J connectivity index is 2.03. The van der Waals surface area contributed by atoms with Crippen molar-refractivity contribution in [2.45, 2.75) is 19.9 Å². The van der Waals surface area contributed by atoms with Gasteiger partial charge in [0.1, 0.15) is 0 Å². The molecule has 2 rings (SSSR count). The zero-order valence-corrected chi connectivity index (χ0v) is 13.2. The first kappa shape index (κ1) is 15.7. The van der Waals surface area contributed by atoms with E-state index in [9.17, 15) is 0 Å². The molecule has 2 heteroatoms. The lowest BCUT2D eigenvalue weighted by Gasteiger charge is -2.18. The first-order chi connectivity index (χ1) is 10.2. The fraction of sp³-hybridized carbons (Fsp3) is 0.368. The van der Waals surface area contributed by atoms with Crippen LogP contribution >= 0.6 is 0 Å². The van der Waals surface area contributed by atoms with Gasteiger partial charge < -0.3 is 10.1 Å². The number of nitrogens with one attached hydrogen (secondary N) is 1. The molecule has 0 bridgehead atoms. The van der Waals surface area contributed by atoms with Crippen molar-refractivity contribution in [3.63, 3.8) is 0 Å². The lowest BCUT2D eigenvalue weighted by Crippen LogP contribution is -2.22. The molecule has 0 aromatic heterocycles. The normalized spacial score (nSPS) is 12.6. The van der Waals surface area contributed by atoms with Gasteiger partial charge in [0, 0.05) is 6.61 Å². The van der Waals surface area contributed by atoms with Gasteiger partial charge in [0.2, 0.25) is 0 Å². The van der Waals surface area contributed by atoms with Crippen LogP contribution in [-0.4, -0.2) is 20.3 Å². The van der Waals surface area contributed by atoms with Crippen molar-refractivity contribution in [2.24, 2.45) is 5.92 Å². The average molecular weight is 283 g/mol. The van der Waals surface area contributed by atoms with E-state index in [1.807, 2.05) is 13.1 Å². The fourth-order valence-corrected chi connectivity index (χ4v) is 2.31. The lowest BCUT2D eigenvalue weighted by atomic mass is 10.0. The molecule has 2 aromatic rings. The minimum Gasteiger partial charge on any atom is -0.379 e. The monoisotopic (exact) mass is 283 g/mol. The van der Waals surface area contributed by atoms with Crippen molar-refractivity contribution in [1.82, 2.24) is 5.32 Å². The second-order valence-corrected chi connectivity index (χ2v) is 5.76. The summed E-state index contributed by atoms with van der Waals surface area (Å²) in [6, 6.07) is 19.4. The molecule has 1 atom stereocenters. The topological polar surface area (TPSA) is 21.3 Å². The zero-order chi connectivity index (χ0) is 15.1. The van der Waals surface area contributed by atoms with Gasteiger partial charge in [-0.2, -0.15) is 0 Å². The van der Waals surface area contributed by atoms with Crippen molar-refractivity contribution in [2.75, 3.05) is 20.3 Å². The summed E-state index contributed by atoms with van der Waals surface area (Å²) in [7, 11) is 1.98. The number of benzene rings is 2. The Morgan fingerprint density at radius 2 is 1.48 bits per heavy atom. The van der Waals surface area contributed by atoms with E-state index in [1.165, 1.54) is 16.7 Å². The smallest absolute Gasteiger partial charge is 0.0661 e. The summed E-state index contributed by atoms with van der Waals surface area (Å²) in [5.41, 5.74) is 3.76. The molecule has 0 amide bonds. The highest BCUT2D eigenvalue weighted by Gasteiger charge is 2.10. The van der Waals surface area contributed by atoms with Crippen LogP contribution in [0.25, 0.3) is 11.1 Å². The van der Waals surface area contributed by atoms with Gasteiger partial charge in [-0.1, -0.05) is 68.4 Å². The number of hydrogen-bond acceptors (Lipinski definition) is 2. The van der Waals surface area contributed by atoms with Gasteiger partial charge in [-0.15, -0.1) is 0 Å². The Hall–Kier alpha value is -1.64. The molecule has 112 valence electrons. The largest absolute Gasteiger partial charge is 0.379 e. The van der Waals surface area contributed by atoms with E-state index in [1.54, 1.807) is 0 Å². The van der Waals surface area contributed by atoms with Crippen molar-refractivity contribution in [1.29, 1.82) is 0 Å². The molecule has 1 N–H and O–H groups in total. The second-order valence-electron chi connectivity index (χ2n) is 5.76. The quantitative estimate of drug-likeness (QED) is 0.818. The van der Waals surface area contributed by atoms with E-state index in [4.69, 9.17) is 4.74 Å². The number of rotatable bonds is 7. The molecular formula is C19H25NO. The van der Waals surface area contributed by atoms with Crippen LogP contribution in [0.1, 0.15) is 25.5 Å². The Morgan fingerprint density at radius 1 is 0.857 bits per heavy atom. The predicted octanol–water partition coefficient (Wildman–Crippen LogP) is 4.29. The third-order valence-corrected chi connectivity index (χ3v) is 3.50. The highest BCUT2D eigenvalue weighted by Crippen LogP contribution is 2.22. The van der Waals surface area contributed by atoms with Crippen LogP contribution in [0.3, 0.4) is 0 Å². The minimum atomic E-state index is 0.244. The summed E-state index contributed by atoms with van der Waals surface area (Å²) in [5.74, 6) is 0.572. The third-order valence-electron chi connectivity index (χ3n) is 3.50. The molecule has 0 aliphatic rings. The van der Waals surface area contributed by atoms with E-state index < -0.39 is 0 Å². The molecule has 0 spiro atoms. The molecule has 2 aromatic carbocycles. The summed E-state index contributed by atoms with van der Waals surface area (Å²) in [4.78, 5) is 0. The van der Waals surface area contributed by atoms with Gasteiger partial charge in [0.25, 0.3) is 0 Å². The van der Waals surface area contributed by atoms with E-state index >= 15 is 0 Å². The van der Waals surface area contributed by atoms with Crippen LogP contribution in [0, 0.1) is 5.92 Å². The Kier molecular flexibility index (Phi) is 5.97. The summed E-state index contributed by atoms with van der Waals surface area (Å²) >= 11 is 0. The average Bonchev–Trinajstić information content (AvgIpc) is 2.52. The molecule has 0 fully saturated rings. The zero-order valence-electron chi connectivity index (χ0n) is 13.2. The molecule has 2 nitrogen and oxygen atoms in total. The molecular weight excluding hydrogens is 258 g/mol. The number of ether oxygens (including phenoxy) is 1. The van der Waals surface area contributed by atoms with Crippen molar-refractivity contribution >= 4 is 0 Å². The van der Waals surface area contributed by atoms with Crippen LogP contribution in [-0.2, 0) is 4.74 Å². The van der Waals surface area contributed by atoms with Crippen LogP contribution in [0.15, 0.2) is 54.6 Å². The van der Waals surface area contributed by atoms with Crippen LogP contribution in [0.5, 0.6) is 0 Å². The maximum atomic E-state index is 5.75. The highest BCUT2D eigenvalue weighted by atomic mass is 16.5. The van der Waals surface area contributed by atoms with E-state index in [0.29, 0.717) is 12.5 Å². The first-order valence-corrected chi connectivity index (χ1v) is 7.61. The second kappa shape index (κ2) is 7.96. The molecule has 0 aliphatic heterocycles. The maximum absolute atomic E-state index is 5.75. The van der Waals surface area contributed by atoms with Crippen LogP contribution in [0.4, 0.5) is 0 Å². The Bertz CT molecular complexity index is 519. The van der Waals surface area contributed by atoms with Gasteiger partial charge >= 0.3 is 0 Å². The molecule has 0 heterocycles. The number of likely N-dealkylation sites (N-methyl/N-ethyl adjacent to an activating group) is 1. The van der Waals surface area contributed by atoms with Gasteiger partial charge in [-0.05, 0) is 29.7 Å². The Labute approximate surface area is 128 Å². The maximum Gasteiger partial charge on any atom is 0.0661 e. The lowest BCUT2D eigenvalue weighted by molar-refractivity contribution is 0.0919. The fourth-order valence-electron chi connectivity index (χ4n) is 2.31. The van der Waals surface area contributed by atoms with Gasteiger partial charge in [0.15, 0.2) is 0 Å². The molecule has 0 radical (unpaired) electrons. The van der Waals surface area contributed by atoms with Crippen LogP contribution in [0.2, 0.25) is 0 Å². The Morgan fingerprint density at radius 3 is 2.05 bits per heavy atom. The summed E-state index contributed by atoms with van der Waals surface area (Å²) < 4.78 is 5.75. The van der Waals surface area contributed by atoms with E-state index in [-0.39, 0.29) is 6.04 Å². The van der Waals surface area contributed by atoms with E-state index in [2.05, 4.69) is 67.7 Å². The van der Waals surface area contributed by atoms with Gasteiger partial charge in [-0.25, -0.2) is 0 Å². The molecule has 0 aliphatic carbocycles. The van der Waals surface area contributed by atoms with Gasteiger partial charge in [-0.3, -0.25) is 0 Å². The van der Waals surface area contributed by atoms with E-state index in [0.717, 1.165) is 6.61 Å². The molecule has 0 saturated heterocycles. The highest BCUT2D eigenvalue weighted by molar-refractivity contribution is 5.63. The third kappa shape index (κ3) is 4.69. The summed E-state index contributed by atoms with van der Waals surface area (Å²) in [6.45, 7) is 5.85. The first-order valence-electron chi connectivity index (χ1n) is 7.61.